The van der Waals surface area contributed by atoms with E-state index in [1.807, 2.05) is 0 Å². The summed E-state index contributed by atoms with van der Waals surface area (Å²) in [6.07, 6.45) is 1.22. The summed E-state index contributed by atoms with van der Waals surface area (Å²) >= 11 is 0. The smallest absolute Gasteiger partial charge is 0.0724 e. The van der Waals surface area contributed by atoms with Crippen molar-refractivity contribution in [2.75, 3.05) is 6.61 Å². The molecule has 1 fully saturated rings. The van der Waals surface area contributed by atoms with Crippen LogP contribution < -0.4 is 0 Å². The third-order valence-electron chi connectivity index (χ3n) is 2.59. The van der Waals surface area contributed by atoms with Crippen LogP contribution in [-0.4, -0.2) is 12.2 Å². The van der Waals surface area contributed by atoms with Crippen LogP contribution in [-0.2, 0) is 4.74 Å². The minimum absolute atomic E-state index is 0.160. The van der Waals surface area contributed by atoms with E-state index in [4.69, 9.17) is 4.74 Å². The zero-order valence-corrected chi connectivity index (χ0v) is 6.82. The van der Waals surface area contributed by atoms with Crippen molar-refractivity contribution in [1.82, 2.24) is 0 Å². The topological polar surface area (TPSA) is 9.23 Å². The predicted octanol–water partition coefficient (Wildman–Crippen LogP) is 2.21. The molecule has 9 heavy (non-hydrogen) atoms. The Hall–Kier alpha value is -0.0400. The van der Waals surface area contributed by atoms with E-state index in [0.29, 0.717) is 5.41 Å². The van der Waals surface area contributed by atoms with Gasteiger partial charge in [0.15, 0.2) is 0 Å². The first kappa shape index (κ1) is 7.07. The molecular weight excluding hydrogens is 112 g/mol. The summed E-state index contributed by atoms with van der Waals surface area (Å²) in [6, 6.07) is 0. The van der Waals surface area contributed by atoms with Gasteiger partial charge in [0, 0.05) is 6.42 Å². The van der Waals surface area contributed by atoms with Crippen LogP contribution >= 0.6 is 0 Å². The zero-order valence-electron chi connectivity index (χ0n) is 6.82. The van der Waals surface area contributed by atoms with Crippen molar-refractivity contribution in [2.45, 2.75) is 39.7 Å². The Morgan fingerprint density at radius 2 is 1.78 bits per heavy atom. The largest absolute Gasteiger partial charge is 0.375 e. The maximum Gasteiger partial charge on any atom is 0.0724 e. The van der Waals surface area contributed by atoms with Crippen LogP contribution in [0.15, 0.2) is 0 Å². The second kappa shape index (κ2) is 1.72. The normalized spacial score (nSPS) is 36.0. The van der Waals surface area contributed by atoms with Crippen LogP contribution in [0.1, 0.15) is 34.1 Å². The molecule has 1 aliphatic rings. The molecule has 1 nitrogen and oxygen atoms in total. The van der Waals surface area contributed by atoms with Crippen molar-refractivity contribution in [1.29, 1.82) is 0 Å². The molecule has 1 saturated heterocycles. The Bertz CT molecular complexity index is 106. The second-order valence-corrected chi connectivity index (χ2v) is 4.08. The number of rotatable bonds is 0. The lowest BCUT2D eigenvalue weighted by atomic mass is 9.73. The molecule has 0 aromatic carbocycles. The maximum atomic E-state index is 5.48. The summed E-state index contributed by atoms with van der Waals surface area (Å²) in [7, 11) is 0. The van der Waals surface area contributed by atoms with Crippen molar-refractivity contribution in [2.24, 2.45) is 5.41 Å². The molecule has 1 unspecified atom stereocenters. The van der Waals surface area contributed by atoms with Gasteiger partial charge in [0.25, 0.3) is 0 Å². The first-order chi connectivity index (χ1) is 3.96. The third-order valence-corrected chi connectivity index (χ3v) is 2.59. The highest BCUT2D eigenvalue weighted by Crippen LogP contribution is 2.41. The van der Waals surface area contributed by atoms with Crippen LogP contribution in [0, 0.1) is 5.41 Å². The van der Waals surface area contributed by atoms with Gasteiger partial charge in [-0.2, -0.15) is 0 Å². The first-order valence-electron chi connectivity index (χ1n) is 3.60. The molecule has 1 aliphatic heterocycles. The van der Waals surface area contributed by atoms with Crippen LogP contribution in [0.5, 0.6) is 0 Å². The van der Waals surface area contributed by atoms with Crippen LogP contribution in [0.25, 0.3) is 0 Å². The Kier molecular flexibility index (Phi) is 1.35. The zero-order chi connectivity index (χ0) is 7.12. The van der Waals surface area contributed by atoms with Crippen LogP contribution in [0.2, 0.25) is 0 Å². The van der Waals surface area contributed by atoms with E-state index in [9.17, 15) is 0 Å². The highest BCUT2D eigenvalue weighted by Gasteiger charge is 2.43. The molecule has 1 atom stereocenters. The molecule has 1 heteroatoms. The maximum absolute atomic E-state index is 5.48. The summed E-state index contributed by atoms with van der Waals surface area (Å²) in [4.78, 5) is 0. The Labute approximate surface area is 57.4 Å². The lowest BCUT2D eigenvalue weighted by molar-refractivity contribution is -0.192. The van der Waals surface area contributed by atoms with Gasteiger partial charge in [0.1, 0.15) is 0 Å². The second-order valence-electron chi connectivity index (χ2n) is 4.08. The monoisotopic (exact) mass is 128 g/mol. The molecule has 54 valence electrons. The summed E-state index contributed by atoms with van der Waals surface area (Å²) in [5.41, 5.74) is 0.470. The molecule has 0 amide bonds. The van der Waals surface area contributed by atoms with Gasteiger partial charge in [-0.1, -0.05) is 20.8 Å². The van der Waals surface area contributed by atoms with Gasteiger partial charge in [-0.15, -0.1) is 0 Å². The molecule has 0 aliphatic carbocycles. The van der Waals surface area contributed by atoms with Crippen molar-refractivity contribution in [3.63, 3.8) is 0 Å². The Balaban J connectivity index is 2.59. The number of hydrogen-bond donors (Lipinski definition) is 0. The van der Waals surface area contributed by atoms with E-state index in [-0.39, 0.29) is 5.60 Å². The fourth-order valence-corrected chi connectivity index (χ4v) is 1.000. The Morgan fingerprint density at radius 1 is 1.33 bits per heavy atom. The van der Waals surface area contributed by atoms with E-state index < -0.39 is 0 Å². The molecule has 0 saturated carbocycles. The SMILES string of the molecule is CC(C)(C)C1(C)CCO1. The van der Waals surface area contributed by atoms with Crippen molar-refractivity contribution < 1.29 is 4.74 Å². The van der Waals surface area contributed by atoms with Crippen molar-refractivity contribution >= 4 is 0 Å². The van der Waals surface area contributed by atoms with E-state index in [1.165, 1.54) is 6.42 Å². The van der Waals surface area contributed by atoms with Gasteiger partial charge in [0.2, 0.25) is 0 Å². The fourth-order valence-electron chi connectivity index (χ4n) is 1.000. The average molecular weight is 128 g/mol. The summed E-state index contributed by atoms with van der Waals surface area (Å²) < 4.78 is 5.48. The van der Waals surface area contributed by atoms with Gasteiger partial charge in [-0.05, 0) is 12.3 Å². The number of ether oxygens (including phenoxy) is 1. The molecule has 0 radical (unpaired) electrons. The molecule has 0 spiro atoms. The number of hydrogen-bond acceptors (Lipinski definition) is 1. The van der Waals surface area contributed by atoms with Crippen LogP contribution in [0.3, 0.4) is 0 Å². The summed E-state index contributed by atoms with van der Waals surface area (Å²) in [5, 5.41) is 0. The van der Waals surface area contributed by atoms with Gasteiger partial charge in [-0.25, -0.2) is 0 Å². The molecular formula is C8H16O. The van der Waals surface area contributed by atoms with Gasteiger partial charge in [-0.3, -0.25) is 0 Å². The summed E-state index contributed by atoms with van der Waals surface area (Å²) in [6.45, 7) is 9.83. The van der Waals surface area contributed by atoms with E-state index >= 15 is 0 Å². The standard InChI is InChI=1S/C8H16O/c1-7(2,3)8(4)5-6-9-8/h5-6H2,1-4H3. The van der Waals surface area contributed by atoms with Gasteiger partial charge >= 0.3 is 0 Å². The quantitative estimate of drug-likeness (QED) is 0.486. The minimum Gasteiger partial charge on any atom is -0.375 e. The lowest BCUT2D eigenvalue weighted by Crippen LogP contribution is -2.51. The van der Waals surface area contributed by atoms with E-state index in [1.54, 1.807) is 0 Å². The first-order valence-corrected chi connectivity index (χ1v) is 3.60. The minimum atomic E-state index is 0.160. The van der Waals surface area contributed by atoms with Crippen molar-refractivity contribution in [3.8, 4) is 0 Å². The van der Waals surface area contributed by atoms with Crippen molar-refractivity contribution in [3.05, 3.63) is 0 Å². The molecule has 0 bridgehead atoms. The van der Waals surface area contributed by atoms with Gasteiger partial charge < -0.3 is 4.74 Å². The highest BCUT2D eigenvalue weighted by molar-refractivity contribution is 4.93. The Morgan fingerprint density at radius 3 is 1.78 bits per heavy atom. The molecule has 0 N–H and O–H groups in total. The van der Waals surface area contributed by atoms with E-state index in [0.717, 1.165) is 6.61 Å². The fraction of sp³-hybridized carbons (Fsp3) is 1.00. The lowest BCUT2D eigenvalue weighted by Gasteiger charge is -2.48. The average Bonchev–Trinajstić information content (AvgIpc) is 1.57. The highest BCUT2D eigenvalue weighted by atomic mass is 16.5. The van der Waals surface area contributed by atoms with Crippen LogP contribution in [0.4, 0.5) is 0 Å². The molecule has 1 rings (SSSR count). The van der Waals surface area contributed by atoms with Gasteiger partial charge in [0.05, 0.1) is 12.2 Å². The molecule has 1 heterocycles. The molecule has 0 aromatic heterocycles. The third kappa shape index (κ3) is 0.983. The summed E-state index contributed by atoms with van der Waals surface area (Å²) in [5.74, 6) is 0. The molecule has 0 aromatic rings. The predicted molar refractivity (Wildman–Crippen MR) is 38.4 cm³/mol. The van der Waals surface area contributed by atoms with E-state index in [2.05, 4.69) is 27.7 Å².